The first-order chi connectivity index (χ1) is 7.20. The highest BCUT2D eigenvalue weighted by Crippen LogP contribution is 2.13. The predicted molar refractivity (Wildman–Crippen MR) is 55.1 cm³/mol. The third-order valence-electron chi connectivity index (χ3n) is 2.30. The summed E-state index contributed by atoms with van der Waals surface area (Å²) in [5.74, 6) is -0.00522. The highest BCUT2D eigenvalue weighted by Gasteiger charge is 2.21. The van der Waals surface area contributed by atoms with Crippen molar-refractivity contribution < 1.29 is 4.79 Å². The Labute approximate surface area is 87.4 Å². The van der Waals surface area contributed by atoms with Gasteiger partial charge in [0.25, 0.3) is 0 Å². The number of nitrogens with zero attached hydrogens (tertiary/aromatic N) is 3. The third kappa shape index (κ3) is 1.72. The number of rotatable bonds is 1. The number of amides is 1. The van der Waals surface area contributed by atoms with E-state index < -0.39 is 0 Å². The number of carbonyl (C=O) groups excluding carboxylic acids is 1. The van der Waals surface area contributed by atoms with Crippen LogP contribution in [0.4, 0.5) is 0 Å². The molecule has 0 N–H and O–H groups in total. The van der Waals surface area contributed by atoms with Gasteiger partial charge in [0.05, 0.1) is 23.8 Å². The summed E-state index contributed by atoms with van der Waals surface area (Å²) in [5.41, 5.74) is 2.26. The Morgan fingerprint density at radius 3 is 2.53 bits per heavy atom. The predicted octanol–water partition coefficient (Wildman–Crippen LogP) is 1.12. The minimum Gasteiger partial charge on any atom is -0.273 e. The molecule has 0 spiro atoms. The van der Waals surface area contributed by atoms with Crippen molar-refractivity contribution in [1.82, 2.24) is 5.01 Å². The topological polar surface area (TPSA) is 56.5 Å². The molecule has 0 fully saturated rings. The minimum absolute atomic E-state index is 0.00522. The number of hydrogen-bond acceptors (Lipinski definition) is 3. The van der Waals surface area contributed by atoms with Crippen molar-refractivity contribution in [3.8, 4) is 6.07 Å². The molecule has 2 rings (SSSR count). The Bertz CT molecular complexity index is 468. The van der Waals surface area contributed by atoms with Crippen LogP contribution in [0.3, 0.4) is 0 Å². The molecule has 1 aliphatic heterocycles. The number of carbonyl (C=O) groups is 1. The molecule has 0 saturated heterocycles. The summed E-state index contributed by atoms with van der Waals surface area (Å²) in [6.07, 6.45) is 0.336. The molecule has 0 saturated carbocycles. The molecule has 1 aliphatic rings. The van der Waals surface area contributed by atoms with E-state index in [9.17, 15) is 4.79 Å². The molecule has 1 aromatic rings. The van der Waals surface area contributed by atoms with E-state index in [1.165, 1.54) is 5.01 Å². The molecule has 4 nitrogen and oxygen atoms in total. The van der Waals surface area contributed by atoms with Crippen molar-refractivity contribution in [2.75, 3.05) is 7.05 Å². The van der Waals surface area contributed by atoms with Crippen LogP contribution in [0.15, 0.2) is 29.4 Å². The first kappa shape index (κ1) is 9.41. The van der Waals surface area contributed by atoms with E-state index in [0.717, 1.165) is 11.3 Å². The van der Waals surface area contributed by atoms with E-state index in [0.29, 0.717) is 12.0 Å². The maximum Gasteiger partial charge on any atom is 0.248 e. The molecule has 4 heteroatoms. The van der Waals surface area contributed by atoms with Crippen LogP contribution < -0.4 is 0 Å². The van der Waals surface area contributed by atoms with Gasteiger partial charge in [0, 0.05) is 7.05 Å². The largest absolute Gasteiger partial charge is 0.273 e. The molecular weight excluding hydrogens is 190 g/mol. The molecule has 1 amide bonds. The molecular formula is C11H9N3O. The molecule has 0 bridgehead atoms. The van der Waals surface area contributed by atoms with Gasteiger partial charge in [0.2, 0.25) is 5.91 Å². The molecule has 0 unspecified atom stereocenters. The number of benzene rings is 1. The van der Waals surface area contributed by atoms with Crippen LogP contribution in [0.25, 0.3) is 0 Å². The molecule has 0 aromatic heterocycles. The quantitative estimate of drug-likeness (QED) is 0.680. The summed E-state index contributed by atoms with van der Waals surface area (Å²) >= 11 is 0. The van der Waals surface area contributed by atoms with Crippen molar-refractivity contribution in [2.24, 2.45) is 5.10 Å². The lowest BCUT2D eigenvalue weighted by Crippen LogP contribution is -2.14. The number of hydrazone groups is 1. The van der Waals surface area contributed by atoms with Crippen LogP contribution in [-0.2, 0) is 4.79 Å². The van der Waals surface area contributed by atoms with Crippen molar-refractivity contribution >= 4 is 11.6 Å². The average molecular weight is 199 g/mol. The van der Waals surface area contributed by atoms with Crippen LogP contribution in [0.1, 0.15) is 17.5 Å². The fraction of sp³-hybridized carbons (Fsp3) is 0.182. The summed E-state index contributed by atoms with van der Waals surface area (Å²) in [7, 11) is 1.64. The molecule has 15 heavy (non-hydrogen) atoms. The van der Waals surface area contributed by atoms with Crippen molar-refractivity contribution in [3.63, 3.8) is 0 Å². The Morgan fingerprint density at radius 1 is 1.40 bits per heavy atom. The second kappa shape index (κ2) is 3.54. The second-order valence-electron chi connectivity index (χ2n) is 3.33. The highest BCUT2D eigenvalue weighted by atomic mass is 16.2. The van der Waals surface area contributed by atoms with Crippen molar-refractivity contribution in [1.29, 1.82) is 5.26 Å². The van der Waals surface area contributed by atoms with E-state index in [-0.39, 0.29) is 5.91 Å². The van der Waals surface area contributed by atoms with Gasteiger partial charge < -0.3 is 0 Å². The summed E-state index contributed by atoms with van der Waals surface area (Å²) in [4.78, 5) is 11.2. The van der Waals surface area contributed by atoms with Gasteiger partial charge in [-0.05, 0) is 17.7 Å². The normalized spacial score (nSPS) is 15.1. The van der Waals surface area contributed by atoms with E-state index >= 15 is 0 Å². The van der Waals surface area contributed by atoms with E-state index in [4.69, 9.17) is 5.26 Å². The zero-order valence-corrected chi connectivity index (χ0v) is 8.27. The fourth-order valence-corrected chi connectivity index (χ4v) is 1.43. The van der Waals surface area contributed by atoms with Gasteiger partial charge in [0.15, 0.2) is 0 Å². The van der Waals surface area contributed by atoms with Crippen LogP contribution in [0.2, 0.25) is 0 Å². The first-order valence-corrected chi connectivity index (χ1v) is 4.55. The van der Waals surface area contributed by atoms with Crippen LogP contribution in [-0.4, -0.2) is 23.7 Å². The van der Waals surface area contributed by atoms with Gasteiger partial charge in [-0.25, -0.2) is 5.01 Å². The maximum absolute atomic E-state index is 11.2. The lowest BCUT2D eigenvalue weighted by molar-refractivity contribution is -0.127. The molecule has 1 aromatic carbocycles. The van der Waals surface area contributed by atoms with Gasteiger partial charge in [-0.1, -0.05) is 12.1 Å². The van der Waals surface area contributed by atoms with Gasteiger partial charge >= 0.3 is 0 Å². The zero-order valence-electron chi connectivity index (χ0n) is 8.27. The van der Waals surface area contributed by atoms with Crippen molar-refractivity contribution in [3.05, 3.63) is 35.4 Å². The lowest BCUT2D eigenvalue weighted by atomic mass is 10.1. The number of nitriles is 1. The monoisotopic (exact) mass is 199 g/mol. The van der Waals surface area contributed by atoms with Crippen LogP contribution in [0.5, 0.6) is 0 Å². The third-order valence-corrected chi connectivity index (χ3v) is 2.30. The zero-order chi connectivity index (χ0) is 10.8. The summed E-state index contributed by atoms with van der Waals surface area (Å²) in [5, 5.41) is 14.1. The first-order valence-electron chi connectivity index (χ1n) is 4.55. The van der Waals surface area contributed by atoms with Crippen molar-refractivity contribution in [2.45, 2.75) is 6.42 Å². The van der Waals surface area contributed by atoms with Crippen LogP contribution in [0, 0.1) is 11.3 Å². The van der Waals surface area contributed by atoms with Gasteiger partial charge in [-0.3, -0.25) is 4.79 Å². The summed E-state index contributed by atoms with van der Waals surface area (Å²) < 4.78 is 0. The Hall–Kier alpha value is -2.15. The maximum atomic E-state index is 11.2. The second-order valence-corrected chi connectivity index (χ2v) is 3.33. The molecule has 0 atom stereocenters. The molecule has 74 valence electrons. The molecule has 0 aliphatic carbocycles. The van der Waals surface area contributed by atoms with E-state index in [1.807, 2.05) is 18.2 Å². The van der Waals surface area contributed by atoms with E-state index in [1.54, 1.807) is 19.2 Å². The minimum atomic E-state index is -0.00522. The van der Waals surface area contributed by atoms with Gasteiger partial charge in [0.1, 0.15) is 0 Å². The van der Waals surface area contributed by atoms with Crippen LogP contribution >= 0.6 is 0 Å². The van der Waals surface area contributed by atoms with Gasteiger partial charge in [-0.15, -0.1) is 0 Å². The number of hydrogen-bond donors (Lipinski definition) is 0. The lowest BCUT2D eigenvalue weighted by Gasteiger charge is -1.99. The summed E-state index contributed by atoms with van der Waals surface area (Å²) in [6, 6.07) is 9.11. The van der Waals surface area contributed by atoms with Gasteiger partial charge in [-0.2, -0.15) is 10.4 Å². The highest BCUT2D eigenvalue weighted by molar-refractivity contribution is 6.13. The Balaban J connectivity index is 2.29. The molecule has 0 radical (unpaired) electrons. The SMILES string of the molecule is CN1N=C(c2ccc(C#N)cc2)CC1=O. The smallest absolute Gasteiger partial charge is 0.248 e. The standard InChI is InChI=1S/C11H9N3O/c1-14-11(15)6-10(13-14)9-4-2-8(7-12)3-5-9/h2-5H,6H2,1H3. The van der Waals surface area contributed by atoms with E-state index in [2.05, 4.69) is 5.10 Å². The average Bonchev–Trinajstić information content (AvgIpc) is 2.59. The fourth-order valence-electron chi connectivity index (χ4n) is 1.43. The Morgan fingerprint density at radius 2 is 2.07 bits per heavy atom. The Kier molecular flexibility index (Phi) is 2.22. The molecule has 1 heterocycles. The summed E-state index contributed by atoms with van der Waals surface area (Å²) in [6.45, 7) is 0.